The summed E-state index contributed by atoms with van der Waals surface area (Å²) in [6.45, 7) is 0. The average Bonchev–Trinajstić information content (AvgIpc) is 3.58. The predicted octanol–water partition coefficient (Wildman–Crippen LogP) is 13.7. The van der Waals surface area contributed by atoms with Gasteiger partial charge in [-0.05, 0) is 81.4 Å². The van der Waals surface area contributed by atoms with Crippen molar-refractivity contribution in [3.63, 3.8) is 0 Å². The number of nitrogens with zero attached hydrogens (tertiary/aromatic N) is 1. The van der Waals surface area contributed by atoms with Crippen molar-refractivity contribution >= 4 is 39.0 Å². The van der Waals surface area contributed by atoms with Crippen LogP contribution in [0.5, 0.6) is 0 Å². The summed E-state index contributed by atoms with van der Waals surface area (Å²) in [6, 6.07) is 71.1. The molecule has 0 saturated carbocycles. The Labute approximate surface area is 292 Å². The maximum Gasteiger partial charge on any atom is 0.143 e. The number of rotatable bonds is 7. The topological polar surface area (TPSA) is 16.4 Å². The molecule has 9 rings (SSSR count). The maximum atomic E-state index is 6.47. The minimum Gasteiger partial charge on any atom is -0.455 e. The number of fused-ring (bicyclic) bond motifs is 3. The van der Waals surface area contributed by atoms with Crippen LogP contribution in [-0.2, 0) is 0 Å². The smallest absolute Gasteiger partial charge is 0.143 e. The first-order valence-electron chi connectivity index (χ1n) is 17.0. The molecule has 0 aliphatic carbocycles. The first-order valence-corrected chi connectivity index (χ1v) is 17.0. The molecule has 0 aliphatic heterocycles. The van der Waals surface area contributed by atoms with E-state index in [0.717, 1.165) is 50.1 Å². The van der Waals surface area contributed by atoms with Crippen molar-refractivity contribution in [2.45, 2.75) is 0 Å². The number of benzene rings is 8. The van der Waals surface area contributed by atoms with E-state index in [1.807, 2.05) is 12.1 Å². The summed E-state index contributed by atoms with van der Waals surface area (Å²) in [7, 11) is 0. The number of para-hydroxylation sites is 2. The summed E-state index contributed by atoms with van der Waals surface area (Å²) in [5, 5.41) is 2.26. The van der Waals surface area contributed by atoms with E-state index < -0.39 is 0 Å². The average molecular weight is 640 g/mol. The third-order valence-corrected chi connectivity index (χ3v) is 9.48. The Hall–Kier alpha value is -6.64. The Morgan fingerprint density at radius 3 is 1.58 bits per heavy atom. The molecule has 0 saturated heterocycles. The molecule has 0 unspecified atom stereocenters. The molecule has 2 nitrogen and oxygen atoms in total. The Morgan fingerprint density at radius 1 is 0.300 bits per heavy atom. The standard InChI is InChI=1S/C48H33NO/c1-4-14-34(15-5-1)35-26-28-39(29-27-35)49(41-30-31-42(36-16-6-2-7-17-36)46(33-41)37-18-8-3-9-19-37)40-21-12-20-38(32-40)43-23-13-24-45-44-22-10-11-25-47(44)50-48(43)45/h1-33H. The molecule has 9 aromatic rings. The minimum atomic E-state index is 0.901. The van der Waals surface area contributed by atoms with Gasteiger partial charge >= 0.3 is 0 Å². The molecule has 1 aromatic heterocycles. The van der Waals surface area contributed by atoms with Gasteiger partial charge in [0.05, 0.1) is 0 Å². The predicted molar refractivity (Wildman–Crippen MR) is 210 cm³/mol. The van der Waals surface area contributed by atoms with E-state index in [1.54, 1.807) is 0 Å². The fraction of sp³-hybridized carbons (Fsp3) is 0. The van der Waals surface area contributed by atoms with Crippen LogP contribution in [0.2, 0.25) is 0 Å². The zero-order valence-corrected chi connectivity index (χ0v) is 27.4. The number of hydrogen-bond donors (Lipinski definition) is 0. The number of furan rings is 1. The van der Waals surface area contributed by atoms with Crippen LogP contribution in [0.15, 0.2) is 205 Å². The lowest BCUT2D eigenvalue weighted by molar-refractivity contribution is 0.670. The highest BCUT2D eigenvalue weighted by molar-refractivity contribution is 6.09. The molecule has 0 N–H and O–H groups in total. The lowest BCUT2D eigenvalue weighted by Crippen LogP contribution is -2.10. The van der Waals surface area contributed by atoms with Gasteiger partial charge in [-0.1, -0.05) is 158 Å². The van der Waals surface area contributed by atoms with Crippen LogP contribution in [0.3, 0.4) is 0 Å². The highest BCUT2D eigenvalue weighted by Crippen LogP contribution is 2.43. The highest BCUT2D eigenvalue weighted by atomic mass is 16.3. The van der Waals surface area contributed by atoms with Crippen LogP contribution in [0.4, 0.5) is 17.1 Å². The fourth-order valence-corrected chi connectivity index (χ4v) is 7.07. The largest absolute Gasteiger partial charge is 0.455 e. The second-order valence-electron chi connectivity index (χ2n) is 12.5. The molecule has 236 valence electrons. The van der Waals surface area contributed by atoms with E-state index in [-0.39, 0.29) is 0 Å². The zero-order chi connectivity index (χ0) is 33.3. The number of hydrogen-bond acceptors (Lipinski definition) is 2. The molecular formula is C48H33NO. The summed E-state index contributed by atoms with van der Waals surface area (Å²) in [6.07, 6.45) is 0. The van der Waals surface area contributed by atoms with Gasteiger partial charge in [-0.3, -0.25) is 0 Å². The Morgan fingerprint density at radius 2 is 0.840 bits per heavy atom. The molecule has 0 aliphatic rings. The van der Waals surface area contributed by atoms with Gasteiger partial charge in [0, 0.05) is 33.4 Å². The lowest BCUT2D eigenvalue weighted by atomic mass is 9.93. The fourth-order valence-electron chi connectivity index (χ4n) is 7.07. The van der Waals surface area contributed by atoms with Gasteiger partial charge in [-0.25, -0.2) is 0 Å². The summed E-state index contributed by atoms with van der Waals surface area (Å²) in [5.41, 5.74) is 14.3. The van der Waals surface area contributed by atoms with Gasteiger partial charge in [0.25, 0.3) is 0 Å². The van der Waals surface area contributed by atoms with E-state index in [1.165, 1.54) is 33.4 Å². The third-order valence-electron chi connectivity index (χ3n) is 9.48. The second-order valence-corrected chi connectivity index (χ2v) is 12.5. The van der Waals surface area contributed by atoms with Gasteiger partial charge in [0.2, 0.25) is 0 Å². The van der Waals surface area contributed by atoms with E-state index in [4.69, 9.17) is 4.42 Å². The van der Waals surface area contributed by atoms with Gasteiger partial charge in [0.1, 0.15) is 11.2 Å². The lowest BCUT2D eigenvalue weighted by Gasteiger charge is -2.27. The van der Waals surface area contributed by atoms with Crippen molar-refractivity contribution in [3.8, 4) is 44.5 Å². The Kier molecular flexibility index (Phi) is 7.53. The molecule has 0 amide bonds. The Bertz CT molecular complexity index is 2570. The molecule has 0 fully saturated rings. The SMILES string of the molecule is c1ccc(-c2ccc(N(c3cccc(-c4cccc5c4oc4ccccc45)c3)c3ccc(-c4ccccc4)c(-c4ccccc4)c3)cc2)cc1. The van der Waals surface area contributed by atoms with Gasteiger partial charge in [-0.15, -0.1) is 0 Å². The first-order chi connectivity index (χ1) is 24.8. The van der Waals surface area contributed by atoms with E-state index >= 15 is 0 Å². The van der Waals surface area contributed by atoms with Gasteiger partial charge in [-0.2, -0.15) is 0 Å². The molecular weight excluding hydrogens is 607 g/mol. The minimum absolute atomic E-state index is 0.901. The maximum absolute atomic E-state index is 6.47. The number of anilines is 3. The zero-order valence-electron chi connectivity index (χ0n) is 27.4. The Balaban J connectivity index is 1.22. The van der Waals surface area contributed by atoms with Gasteiger partial charge in [0.15, 0.2) is 0 Å². The molecule has 0 radical (unpaired) electrons. The van der Waals surface area contributed by atoms with Gasteiger partial charge < -0.3 is 9.32 Å². The quantitative estimate of drug-likeness (QED) is 0.173. The molecule has 50 heavy (non-hydrogen) atoms. The summed E-state index contributed by atoms with van der Waals surface area (Å²) >= 11 is 0. The van der Waals surface area contributed by atoms with E-state index in [2.05, 4.69) is 193 Å². The normalized spacial score (nSPS) is 11.2. The van der Waals surface area contributed by atoms with Crippen molar-refractivity contribution in [3.05, 3.63) is 200 Å². The van der Waals surface area contributed by atoms with Crippen LogP contribution in [0, 0.1) is 0 Å². The monoisotopic (exact) mass is 639 g/mol. The second kappa shape index (κ2) is 12.8. The summed E-state index contributed by atoms with van der Waals surface area (Å²) in [5.74, 6) is 0. The van der Waals surface area contributed by atoms with Crippen LogP contribution in [-0.4, -0.2) is 0 Å². The molecule has 8 aromatic carbocycles. The van der Waals surface area contributed by atoms with Crippen molar-refractivity contribution in [2.24, 2.45) is 0 Å². The summed E-state index contributed by atoms with van der Waals surface area (Å²) in [4.78, 5) is 2.36. The first kappa shape index (κ1) is 29.5. The van der Waals surface area contributed by atoms with Crippen molar-refractivity contribution < 1.29 is 4.42 Å². The van der Waals surface area contributed by atoms with Crippen LogP contribution >= 0.6 is 0 Å². The molecule has 0 bridgehead atoms. The molecule has 2 heteroatoms. The molecule has 0 atom stereocenters. The van der Waals surface area contributed by atoms with Crippen LogP contribution in [0.25, 0.3) is 66.4 Å². The van der Waals surface area contributed by atoms with E-state index in [9.17, 15) is 0 Å². The third kappa shape index (κ3) is 5.43. The van der Waals surface area contributed by atoms with Crippen molar-refractivity contribution in [2.75, 3.05) is 4.90 Å². The van der Waals surface area contributed by atoms with Crippen LogP contribution < -0.4 is 4.90 Å². The van der Waals surface area contributed by atoms with Crippen molar-refractivity contribution in [1.82, 2.24) is 0 Å². The summed E-state index contributed by atoms with van der Waals surface area (Å²) < 4.78 is 6.47. The molecule has 1 heterocycles. The highest BCUT2D eigenvalue weighted by Gasteiger charge is 2.18. The van der Waals surface area contributed by atoms with Crippen LogP contribution in [0.1, 0.15) is 0 Å². The molecule has 0 spiro atoms. The van der Waals surface area contributed by atoms with Crippen molar-refractivity contribution in [1.29, 1.82) is 0 Å². The van der Waals surface area contributed by atoms with E-state index in [0.29, 0.717) is 0 Å².